The van der Waals surface area contributed by atoms with Crippen LogP contribution >= 0.6 is 24.4 Å². The van der Waals surface area contributed by atoms with Crippen molar-refractivity contribution in [2.45, 2.75) is 31.7 Å². The standard InChI is InChI=1S/C13H17FN4S2/c14-10-7-3-4-8-11(10)16-13(20)18-17-12(19)15-9-5-1-2-6-9/h3-4,7-9H,1-2,5-6H2,(H2,15,17,19)(H2,16,18,20). The zero-order valence-electron chi connectivity index (χ0n) is 10.9. The lowest BCUT2D eigenvalue weighted by atomic mass is 10.3. The molecule has 4 N–H and O–H groups in total. The molecule has 0 aromatic heterocycles. The van der Waals surface area contributed by atoms with E-state index in [4.69, 9.17) is 24.4 Å². The molecule has 20 heavy (non-hydrogen) atoms. The first-order valence-corrected chi connectivity index (χ1v) is 7.35. The van der Waals surface area contributed by atoms with Crippen LogP contribution in [0.5, 0.6) is 0 Å². The summed E-state index contributed by atoms with van der Waals surface area (Å²) in [6.07, 6.45) is 4.75. The van der Waals surface area contributed by atoms with E-state index in [2.05, 4.69) is 21.5 Å². The number of rotatable bonds is 2. The van der Waals surface area contributed by atoms with Gasteiger partial charge >= 0.3 is 0 Å². The summed E-state index contributed by atoms with van der Waals surface area (Å²) in [6, 6.07) is 6.76. The Morgan fingerprint density at radius 2 is 1.70 bits per heavy atom. The maximum Gasteiger partial charge on any atom is 0.189 e. The summed E-state index contributed by atoms with van der Waals surface area (Å²) in [5.74, 6) is -0.358. The highest BCUT2D eigenvalue weighted by atomic mass is 32.1. The highest BCUT2D eigenvalue weighted by Crippen LogP contribution is 2.17. The number of nitrogens with one attached hydrogen (secondary N) is 4. The molecule has 0 heterocycles. The molecule has 4 nitrogen and oxygen atoms in total. The Kier molecular flexibility index (Phi) is 5.49. The second-order valence-electron chi connectivity index (χ2n) is 4.64. The highest BCUT2D eigenvalue weighted by Gasteiger charge is 2.15. The van der Waals surface area contributed by atoms with E-state index < -0.39 is 0 Å². The van der Waals surface area contributed by atoms with Gasteiger partial charge in [0.1, 0.15) is 5.82 Å². The predicted molar refractivity (Wildman–Crippen MR) is 86.9 cm³/mol. The Balaban J connectivity index is 1.72. The Bertz CT molecular complexity index is 489. The molecule has 1 aromatic rings. The summed E-state index contributed by atoms with van der Waals surface area (Å²) in [7, 11) is 0. The normalized spacial score (nSPS) is 14.7. The Hall–Kier alpha value is -1.47. The summed E-state index contributed by atoms with van der Waals surface area (Å²) in [5, 5.41) is 6.71. The maximum atomic E-state index is 13.4. The fourth-order valence-corrected chi connectivity index (χ4v) is 2.50. The van der Waals surface area contributed by atoms with E-state index >= 15 is 0 Å². The molecule has 7 heteroatoms. The molecule has 1 aliphatic rings. The molecule has 1 fully saturated rings. The Labute approximate surface area is 128 Å². The van der Waals surface area contributed by atoms with E-state index in [9.17, 15) is 4.39 Å². The third kappa shape index (κ3) is 4.57. The number of halogens is 1. The average molecular weight is 312 g/mol. The van der Waals surface area contributed by atoms with E-state index in [1.165, 1.54) is 18.9 Å². The first-order valence-electron chi connectivity index (χ1n) is 6.53. The minimum atomic E-state index is -0.358. The lowest BCUT2D eigenvalue weighted by Crippen LogP contribution is -2.50. The van der Waals surface area contributed by atoms with Gasteiger partial charge in [-0.1, -0.05) is 25.0 Å². The van der Waals surface area contributed by atoms with Crippen LogP contribution in [0.25, 0.3) is 0 Å². The van der Waals surface area contributed by atoms with Gasteiger partial charge in [-0.25, -0.2) is 4.39 Å². The molecule has 0 bridgehead atoms. The number of hydrogen-bond donors (Lipinski definition) is 4. The van der Waals surface area contributed by atoms with Gasteiger partial charge in [-0.05, 0) is 49.4 Å². The fraction of sp³-hybridized carbons (Fsp3) is 0.385. The third-order valence-corrected chi connectivity index (χ3v) is 3.53. The molecule has 0 amide bonds. The Morgan fingerprint density at radius 3 is 2.40 bits per heavy atom. The number of anilines is 1. The van der Waals surface area contributed by atoms with Gasteiger partial charge in [0.25, 0.3) is 0 Å². The van der Waals surface area contributed by atoms with Crippen molar-refractivity contribution in [1.29, 1.82) is 0 Å². The average Bonchev–Trinajstić information content (AvgIpc) is 2.92. The smallest absolute Gasteiger partial charge is 0.189 e. The summed E-state index contributed by atoms with van der Waals surface area (Å²) >= 11 is 10.2. The highest BCUT2D eigenvalue weighted by molar-refractivity contribution is 7.80. The molecule has 1 aliphatic carbocycles. The SMILES string of the molecule is Fc1ccccc1NC(=S)NNC(=S)NC1CCCC1. The largest absolute Gasteiger partial charge is 0.359 e. The number of benzene rings is 1. The van der Waals surface area contributed by atoms with Crippen molar-refractivity contribution >= 4 is 40.3 Å². The van der Waals surface area contributed by atoms with E-state index in [-0.39, 0.29) is 10.9 Å². The van der Waals surface area contributed by atoms with E-state index in [0.717, 1.165) is 12.8 Å². The van der Waals surface area contributed by atoms with Crippen molar-refractivity contribution < 1.29 is 4.39 Å². The van der Waals surface area contributed by atoms with Gasteiger partial charge in [-0.15, -0.1) is 0 Å². The number of para-hydroxylation sites is 1. The van der Waals surface area contributed by atoms with Crippen LogP contribution in [0.2, 0.25) is 0 Å². The van der Waals surface area contributed by atoms with E-state index in [1.54, 1.807) is 18.2 Å². The zero-order chi connectivity index (χ0) is 14.4. The van der Waals surface area contributed by atoms with Gasteiger partial charge in [0.05, 0.1) is 5.69 Å². The van der Waals surface area contributed by atoms with Crippen molar-refractivity contribution in [2.24, 2.45) is 0 Å². The van der Waals surface area contributed by atoms with E-state index in [0.29, 0.717) is 16.8 Å². The second kappa shape index (κ2) is 7.35. The molecule has 0 atom stereocenters. The van der Waals surface area contributed by atoms with Gasteiger partial charge in [0.2, 0.25) is 0 Å². The van der Waals surface area contributed by atoms with Crippen molar-refractivity contribution in [2.75, 3.05) is 5.32 Å². The number of hydrogen-bond acceptors (Lipinski definition) is 2. The van der Waals surface area contributed by atoms with Gasteiger partial charge in [-0.3, -0.25) is 10.9 Å². The Morgan fingerprint density at radius 1 is 1.05 bits per heavy atom. The van der Waals surface area contributed by atoms with Crippen molar-refractivity contribution in [1.82, 2.24) is 16.2 Å². The van der Waals surface area contributed by atoms with Crippen LogP contribution in [0.4, 0.5) is 10.1 Å². The molecule has 0 spiro atoms. The second-order valence-corrected chi connectivity index (χ2v) is 5.46. The lowest BCUT2D eigenvalue weighted by molar-refractivity contribution is 0.618. The minimum Gasteiger partial charge on any atom is -0.359 e. The first-order chi connectivity index (χ1) is 9.65. The van der Waals surface area contributed by atoms with Crippen molar-refractivity contribution in [3.8, 4) is 0 Å². The monoisotopic (exact) mass is 312 g/mol. The summed E-state index contributed by atoms with van der Waals surface area (Å²) in [5.41, 5.74) is 5.85. The predicted octanol–water partition coefficient (Wildman–Crippen LogP) is 2.43. The molecule has 2 rings (SSSR count). The van der Waals surface area contributed by atoms with Crippen LogP contribution in [0, 0.1) is 5.82 Å². The minimum absolute atomic E-state index is 0.255. The molecule has 0 radical (unpaired) electrons. The molecule has 1 saturated carbocycles. The lowest BCUT2D eigenvalue weighted by Gasteiger charge is -2.17. The van der Waals surface area contributed by atoms with Crippen LogP contribution in [-0.2, 0) is 0 Å². The van der Waals surface area contributed by atoms with Crippen LogP contribution in [0.15, 0.2) is 24.3 Å². The van der Waals surface area contributed by atoms with Gasteiger partial charge < -0.3 is 10.6 Å². The van der Waals surface area contributed by atoms with Crippen LogP contribution in [0.3, 0.4) is 0 Å². The van der Waals surface area contributed by atoms with Crippen LogP contribution in [0.1, 0.15) is 25.7 Å². The van der Waals surface area contributed by atoms with E-state index in [1.807, 2.05) is 0 Å². The summed E-state index contributed by atoms with van der Waals surface area (Å²) < 4.78 is 13.4. The molecule has 0 unspecified atom stereocenters. The van der Waals surface area contributed by atoms with Crippen molar-refractivity contribution in [3.63, 3.8) is 0 Å². The maximum absolute atomic E-state index is 13.4. The van der Waals surface area contributed by atoms with Gasteiger partial charge in [0.15, 0.2) is 10.2 Å². The topological polar surface area (TPSA) is 48.1 Å². The van der Waals surface area contributed by atoms with Crippen LogP contribution < -0.4 is 21.5 Å². The molecule has 0 aliphatic heterocycles. The van der Waals surface area contributed by atoms with Crippen molar-refractivity contribution in [3.05, 3.63) is 30.1 Å². The molecule has 0 saturated heterocycles. The molecule has 1 aromatic carbocycles. The number of hydrazine groups is 1. The number of thiocarbonyl (C=S) groups is 2. The zero-order valence-corrected chi connectivity index (χ0v) is 12.5. The fourth-order valence-electron chi connectivity index (χ4n) is 2.12. The molecule has 108 valence electrons. The molecular formula is C13H17FN4S2. The van der Waals surface area contributed by atoms with Gasteiger partial charge in [0, 0.05) is 6.04 Å². The summed E-state index contributed by atoms with van der Waals surface area (Å²) in [4.78, 5) is 0. The van der Waals surface area contributed by atoms with Gasteiger partial charge in [-0.2, -0.15) is 0 Å². The summed E-state index contributed by atoms with van der Waals surface area (Å²) in [6.45, 7) is 0. The third-order valence-electron chi connectivity index (χ3n) is 3.10. The quantitative estimate of drug-likeness (QED) is 0.497. The molecular weight excluding hydrogens is 295 g/mol. The first kappa shape index (κ1) is 14.9. The van der Waals surface area contributed by atoms with Crippen LogP contribution in [-0.4, -0.2) is 16.3 Å².